The van der Waals surface area contributed by atoms with Crippen molar-refractivity contribution in [2.75, 3.05) is 6.26 Å². The van der Waals surface area contributed by atoms with Crippen LogP contribution in [0.5, 0.6) is 6.01 Å². The number of para-hydroxylation sites is 2. The SMILES string of the molecule is CSc1nc(O)n2nc(-c3nc4ccccc4nc3C)cc2n1. The Labute approximate surface area is 135 Å². The van der Waals surface area contributed by atoms with Crippen molar-refractivity contribution in [1.29, 1.82) is 0 Å². The summed E-state index contributed by atoms with van der Waals surface area (Å²) in [7, 11) is 0. The summed E-state index contributed by atoms with van der Waals surface area (Å²) in [5.41, 5.74) is 4.19. The number of hydrogen-bond acceptors (Lipinski definition) is 7. The van der Waals surface area contributed by atoms with E-state index in [4.69, 9.17) is 0 Å². The fraction of sp³-hybridized carbons (Fsp3) is 0.133. The smallest absolute Gasteiger partial charge is 0.319 e. The van der Waals surface area contributed by atoms with E-state index in [9.17, 15) is 5.11 Å². The topological polar surface area (TPSA) is 89.1 Å². The summed E-state index contributed by atoms with van der Waals surface area (Å²) in [6.07, 6.45) is 1.85. The van der Waals surface area contributed by atoms with E-state index in [1.807, 2.05) is 37.4 Å². The summed E-state index contributed by atoms with van der Waals surface area (Å²) in [6.45, 7) is 1.89. The first kappa shape index (κ1) is 13.9. The lowest BCUT2D eigenvalue weighted by Crippen LogP contribution is -1.97. The van der Waals surface area contributed by atoms with Gasteiger partial charge in [-0.1, -0.05) is 23.9 Å². The Morgan fingerprint density at radius 1 is 1.04 bits per heavy atom. The Hall–Kier alpha value is -2.74. The number of nitrogens with zero attached hydrogens (tertiary/aromatic N) is 6. The van der Waals surface area contributed by atoms with Crippen LogP contribution in [0.4, 0.5) is 0 Å². The largest absolute Gasteiger partial charge is 0.479 e. The van der Waals surface area contributed by atoms with Crippen molar-refractivity contribution in [2.45, 2.75) is 12.1 Å². The van der Waals surface area contributed by atoms with Crippen LogP contribution in [0.15, 0.2) is 35.5 Å². The van der Waals surface area contributed by atoms with E-state index in [2.05, 4.69) is 25.0 Å². The minimum atomic E-state index is -0.197. The highest BCUT2D eigenvalue weighted by Crippen LogP contribution is 2.24. The molecule has 3 aromatic heterocycles. The molecule has 0 amide bonds. The number of benzene rings is 1. The van der Waals surface area contributed by atoms with Crippen molar-refractivity contribution in [3.63, 3.8) is 0 Å². The third-order valence-electron chi connectivity index (χ3n) is 3.46. The van der Waals surface area contributed by atoms with Gasteiger partial charge in [-0.3, -0.25) is 0 Å². The van der Waals surface area contributed by atoms with E-state index < -0.39 is 0 Å². The summed E-state index contributed by atoms with van der Waals surface area (Å²) in [6, 6.07) is 9.25. The molecule has 0 saturated heterocycles. The highest BCUT2D eigenvalue weighted by Gasteiger charge is 2.15. The van der Waals surface area contributed by atoms with Gasteiger partial charge in [0.2, 0.25) is 0 Å². The van der Waals surface area contributed by atoms with E-state index in [1.54, 1.807) is 6.07 Å². The van der Waals surface area contributed by atoms with Crippen molar-refractivity contribution in [3.05, 3.63) is 36.0 Å². The molecular formula is C15H12N6OS. The van der Waals surface area contributed by atoms with Crippen molar-refractivity contribution < 1.29 is 5.11 Å². The Balaban J connectivity index is 1.95. The third-order valence-corrected chi connectivity index (χ3v) is 4.00. The molecule has 1 aromatic carbocycles. The number of aryl methyl sites for hydroxylation is 1. The minimum absolute atomic E-state index is 0.197. The summed E-state index contributed by atoms with van der Waals surface area (Å²) >= 11 is 1.36. The molecule has 0 bridgehead atoms. The molecule has 8 heteroatoms. The second-order valence-corrected chi connectivity index (χ2v) is 5.73. The van der Waals surface area contributed by atoms with Gasteiger partial charge < -0.3 is 5.11 Å². The number of aromatic nitrogens is 6. The lowest BCUT2D eigenvalue weighted by molar-refractivity contribution is 0.404. The first-order chi connectivity index (χ1) is 11.2. The van der Waals surface area contributed by atoms with Gasteiger partial charge in [0.05, 0.1) is 16.7 Å². The van der Waals surface area contributed by atoms with E-state index in [-0.39, 0.29) is 6.01 Å². The monoisotopic (exact) mass is 324 g/mol. The summed E-state index contributed by atoms with van der Waals surface area (Å²) in [5, 5.41) is 14.8. The van der Waals surface area contributed by atoms with Gasteiger partial charge in [-0.25, -0.2) is 15.0 Å². The normalized spacial score (nSPS) is 11.4. The van der Waals surface area contributed by atoms with E-state index in [1.165, 1.54) is 16.3 Å². The molecule has 1 N–H and O–H groups in total. The maximum Gasteiger partial charge on any atom is 0.319 e. The second kappa shape index (κ2) is 5.17. The zero-order valence-electron chi connectivity index (χ0n) is 12.4. The van der Waals surface area contributed by atoms with Gasteiger partial charge in [-0.15, -0.1) is 0 Å². The average molecular weight is 324 g/mol. The predicted molar refractivity (Wildman–Crippen MR) is 87.5 cm³/mol. The lowest BCUT2D eigenvalue weighted by Gasteiger charge is -2.03. The quantitative estimate of drug-likeness (QED) is 0.566. The van der Waals surface area contributed by atoms with Crippen molar-refractivity contribution in [2.24, 2.45) is 0 Å². The van der Waals surface area contributed by atoms with Crippen LogP contribution >= 0.6 is 11.8 Å². The van der Waals surface area contributed by atoms with Gasteiger partial charge in [0.15, 0.2) is 10.8 Å². The van der Waals surface area contributed by atoms with Gasteiger partial charge in [-0.05, 0) is 25.3 Å². The first-order valence-corrected chi connectivity index (χ1v) is 8.13. The molecule has 3 heterocycles. The molecule has 0 spiro atoms. The lowest BCUT2D eigenvalue weighted by atomic mass is 10.2. The molecule has 0 aliphatic carbocycles. The number of hydrogen-bond donors (Lipinski definition) is 1. The van der Waals surface area contributed by atoms with Crippen molar-refractivity contribution in [3.8, 4) is 17.4 Å². The molecule has 7 nitrogen and oxygen atoms in total. The van der Waals surface area contributed by atoms with E-state index in [0.29, 0.717) is 22.2 Å². The number of fused-ring (bicyclic) bond motifs is 2. The predicted octanol–water partition coefficient (Wildman–Crippen LogP) is 2.47. The average Bonchev–Trinajstić information content (AvgIpc) is 2.98. The summed E-state index contributed by atoms with van der Waals surface area (Å²) in [5.74, 6) is 0. The number of aromatic hydroxyl groups is 1. The van der Waals surface area contributed by atoms with Crippen LogP contribution in [0.25, 0.3) is 28.1 Å². The van der Waals surface area contributed by atoms with Gasteiger partial charge >= 0.3 is 6.01 Å². The van der Waals surface area contributed by atoms with Crippen molar-refractivity contribution in [1.82, 2.24) is 29.5 Å². The van der Waals surface area contributed by atoms with Gasteiger partial charge in [-0.2, -0.15) is 14.6 Å². The number of thioether (sulfide) groups is 1. The summed E-state index contributed by atoms with van der Waals surface area (Å²) < 4.78 is 1.30. The Bertz CT molecular complexity index is 1040. The zero-order chi connectivity index (χ0) is 16.0. The van der Waals surface area contributed by atoms with E-state index >= 15 is 0 Å². The molecule has 0 aliphatic heterocycles. The summed E-state index contributed by atoms with van der Waals surface area (Å²) in [4.78, 5) is 17.5. The molecule has 4 rings (SSSR count). The molecule has 114 valence electrons. The van der Waals surface area contributed by atoms with Crippen LogP contribution in [-0.2, 0) is 0 Å². The molecule has 0 unspecified atom stereocenters. The van der Waals surface area contributed by atoms with Crippen LogP contribution in [0.3, 0.4) is 0 Å². The van der Waals surface area contributed by atoms with Crippen LogP contribution in [0.2, 0.25) is 0 Å². The third kappa shape index (κ3) is 2.27. The van der Waals surface area contributed by atoms with E-state index in [0.717, 1.165) is 16.7 Å². The van der Waals surface area contributed by atoms with Gasteiger partial charge in [0.25, 0.3) is 0 Å². The fourth-order valence-electron chi connectivity index (χ4n) is 2.39. The molecule has 4 aromatic rings. The second-order valence-electron chi connectivity index (χ2n) is 4.96. The van der Waals surface area contributed by atoms with Gasteiger partial charge in [0, 0.05) is 6.07 Å². The zero-order valence-corrected chi connectivity index (χ0v) is 13.2. The molecule has 0 radical (unpaired) electrons. The number of rotatable bonds is 2. The first-order valence-electron chi connectivity index (χ1n) is 6.90. The van der Waals surface area contributed by atoms with Crippen LogP contribution < -0.4 is 0 Å². The highest BCUT2D eigenvalue weighted by molar-refractivity contribution is 7.98. The standard InChI is InChI=1S/C15H12N6OS/c1-8-13(17-10-6-4-3-5-9(10)16-8)11-7-12-18-14(23-2)19-15(22)21(12)20-11/h3-7H,1-2H3,(H,18,19,22). The maximum atomic E-state index is 9.98. The highest BCUT2D eigenvalue weighted by atomic mass is 32.2. The Kier molecular flexibility index (Phi) is 3.12. The van der Waals surface area contributed by atoms with Gasteiger partial charge in [0.1, 0.15) is 11.4 Å². The van der Waals surface area contributed by atoms with Crippen molar-refractivity contribution >= 4 is 28.4 Å². The maximum absolute atomic E-state index is 9.98. The molecule has 0 atom stereocenters. The molecule has 23 heavy (non-hydrogen) atoms. The molecule has 0 saturated carbocycles. The molecular weight excluding hydrogens is 312 g/mol. The van der Waals surface area contributed by atoms with Crippen LogP contribution in [-0.4, -0.2) is 40.9 Å². The molecule has 0 fully saturated rings. The Morgan fingerprint density at radius 3 is 2.52 bits per heavy atom. The fourth-order valence-corrected chi connectivity index (χ4v) is 2.75. The van der Waals surface area contributed by atoms with Crippen LogP contribution in [0, 0.1) is 6.92 Å². The molecule has 0 aliphatic rings. The minimum Gasteiger partial charge on any atom is -0.479 e. The Morgan fingerprint density at radius 2 is 1.78 bits per heavy atom. The van der Waals surface area contributed by atoms with Crippen LogP contribution in [0.1, 0.15) is 5.69 Å².